The van der Waals surface area contributed by atoms with Gasteiger partial charge in [0.2, 0.25) is 5.91 Å². The topological polar surface area (TPSA) is 85.3 Å². The number of amides is 1. The van der Waals surface area contributed by atoms with Crippen LogP contribution in [0.5, 0.6) is 0 Å². The van der Waals surface area contributed by atoms with Crippen LogP contribution in [0.15, 0.2) is 60.7 Å². The summed E-state index contributed by atoms with van der Waals surface area (Å²) in [5, 5.41) is 10.5. The fraction of sp³-hybridized carbons (Fsp3) is 0.320. The zero-order chi connectivity index (χ0) is 22.9. The van der Waals surface area contributed by atoms with Gasteiger partial charge in [-0.3, -0.25) is 4.79 Å². The van der Waals surface area contributed by atoms with Crippen molar-refractivity contribution in [2.24, 2.45) is 5.92 Å². The van der Waals surface area contributed by atoms with Gasteiger partial charge in [0.25, 0.3) is 0 Å². The third kappa shape index (κ3) is 6.12. The first-order chi connectivity index (χ1) is 15.5. The first-order valence-electron chi connectivity index (χ1n) is 10.8. The Hall–Kier alpha value is -3.29. The number of nitrogens with zero attached hydrogens (tertiary/aromatic N) is 2. The molecule has 1 amide bonds. The lowest BCUT2D eigenvalue weighted by Crippen LogP contribution is -2.31. The lowest BCUT2D eigenvalue weighted by atomic mass is 10.1. The Morgan fingerprint density at radius 2 is 1.91 bits per heavy atom. The van der Waals surface area contributed by atoms with Gasteiger partial charge >= 0.3 is 0 Å². The monoisotopic (exact) mass is 434 g/mol. The summed E-state index contributed by atoms with van der Waals surface area (Å²) in [4.78, 5) is 23.7. The molecule has 168 valence electrons. The molecule has 3 rings (SSSR count). The summed E-state index contributed by atoms with van der Waals surface area (Å²) in [5.74, 6) is -0.265. The van der Waals surface area contributed by atoms with Crippen LogP contribution >= 0.6 is 0 Å². The Bertz CT molecular complexity index is 1030. The van der Waals surface area contributed by atoms with Crippen LogP contribution in [0.3, 0.4) is 0 Å². The van der Waals surface area contributed by atoms with E-state index in [-0.39, 0.29) is 18.4 Å². The van der Waals surface area contributed by atoms with Crippen molar-refractivity contribution < 1.29 is 14.3 Å². The van der Waals surface area contributed by atoms with Crippen molar-refractivity contribution in [2.75, 3.05) is 18.9 Å². The average Bonchev–Trinajstić information content (AvgIpc) is 3.22. The van der Waals surface area contributed by atoms with Crippen LogP contribution in [0.4, 0.5) is 5.82 Å². The van der Waals surface area contributed by atoms with E-state index in [4.69, 9.17) is 4.74 Å². The minimum atomic E-state index is -0.459. The van der Waals surface area contributed by atoms with Crippen LogP contribution in [-0.2, 0) is 20.9 Å². The number of rotatable bonds is 11. The molecule has 1 aromatic heterocycles. The number of aromatic nitrogens is 2. The van der Waals surface area contributed by atoms with Gasteiger partial charge in [0.05, 0.1) is 30.0 Å². The maximum atomic E-state index is 12.7. The van der Waals surface area contributed by atoms with E-state index in [1.165, 1.54) is 0 Å². The Morgan fingerprint density at radius 3 is 2.59 bits per heavy atom. The standard InChI is InChI=1S/C25H30N4O3/c1-18(2)32-17-19-8-7-9-20(14-19)23-15-24(27-25(31)21(12-13-30)16-26-3)28-29(23)22-10-5-4-6-11-22/h4-11,13-15,18,21,26H,12,16-17H2,1-3H3,(H,27,28,31)/t21-/m0/s1. The Kier molecular flexibility index (Phi) is 8.30. The number of aldehydes is 1. The van der Waals surface area contributed by atoms with E-state index in [0.717, 1.165) is 28.8 Å². The summed E-state index contributed by atoms with van der Waals surface area (Å²) in [6.45, 7) is 4.95. The second-order valence-corrected chi connectivity index (χ2v) is 7.87. The van der Waals surface area contributed by atoms with Crippen LogP contribution < -0.4 is 10.6 Å². The highest BCUT2D eigenvalue weighted by atomic mass is 16.5. The maximum Gasteiger partial charge on any atom is 0.230 e. The fourth-order valence-electron chi connectivity index (χ4n) is 3.37. The van der Waals surface area contributed by atoms with Gasteiger partial charge in [-0.15, -0.1) is 5.10 Å². The lowest BCUT2D eigenvalue weighted by molar-refractivity contribution is -0.122. The molecular formula is C25H30N4O3. The first kappa shape index (κ1) is 23.4. The van der Waals surface area contributed by atoms with Crippen molar-refractivity contribution in [1.29, 1.82) is 0 Å². The average molecular weight is 435 g/mol. The molecule has 0 fully saturated rings. The molecular weight excluding hydrogens is 404 g/mol. The number of anilines is 1. The van der Waals surface area contributed by atoms with Gasteiger partial charge in [-0.05, 0) is 44.7 Å². The van der Waals surface area contributed by atoms with Crippen molar-refractivity contribution in [3.63, 3.8) is 0 Å². The number of hydrogen-bond acceptors (Lipinski definition) is 5. The summed E-state index contributed by atoms with van der Waals surface area (Å²) in [6, 6.07) is 19.7. The molecule has 7 heteroatoms. The van der Waals surface area contributed by atoms with E-state index in [0.29, 0.717) is 19.0 Å². The van der Waals surface area contributed by atoms with Gasteiger partial charge in [-0.2, -0.15) is 0 Å². The van der Waals surface area contributed by atoms with Gasteiger partial charge in [0, 0.05) is 24.6 Å². The van der Waals surface area contributed by atoms with Crippen molar-refractivity contribution in [1.82, 2.24) is 15.1 Å². The maximum absolute atomic E-state index is 12.7. The largest absolute Gasteiger partial charge is 0.374 e. The second kappa shape index (κ2) is 11.4. The second-order valence-electron chi connectivity index (χ2n) is 7.87. The third-order valence-corrected chi connectivity index (χ3v) is 4.97. The summed E-state index contributed by atoms with van der Waals surface area (Å²) >= 11 is 0. The predicted octanol–water partition coefficient (Wildman–Crippen LogP) is 3.83. The molecule has 0 spiro atoms. The molecule has 7 nitrogen and oxygen atoms in total. The van der Waals surface area contributed by atoms with Gasteiger partial charge in [-0.25, -0.2) is 4.68 Å². The molecule has 1 heterocycles. The van der Waals surface area contributed by atoms with Crippen molar-refractivity contribution in [2.45, 2.75) is 33.0 Å². The van der Waals surface area contributed by atoms with Crippen LogP contribution in [0.1, 0.15) is 25.8 Å². The van der Waals surface area contributed by atoms with Gasteiger partial charge < -0.3 is 20.2 Å². The fourth-order valence-corrected chi connectivity index (χ4v) is 3.37. The van der Waals surface area contributed by atoms with Gasteiger partial charge in [0.1, 0.15) is 6.29 Å². The molecule has 0 unspecified atom stereocenters. The molecule has 0 aliphatic rings. The van der Waals surface area contributed by atoms with E-state index in [9.17, 15) is 9.59 Å². The normalized spacial score (nSPS) is 12.0. The van der Waals surface area contributed by atoms with Crippen molar-refractivity contribution >= 4 is 18.0 Å². The zero-order valence-corrected chi connectivity index (χ0v) is 18.7. The summed E-state index contributed by atoms with van der Waals surface area (Å²) in [6.07, 6.45) is 1.06. The molecule has 1 atom stereocenters. The lowest BCUT2D eigenvalue weighted by Gasteiger charge is -2.12. The van der Waals surface area contributed by atoms with E-state index >= 15 is 0 Å². The van der Waals surface area contributed by atoms with E-state index in [1.54, 1.807) is 7.05 Å². The highest BCUT2D eigenvalue weighted by molar-refractivity contribution is 5.93. The smallest absolute Gasteiger partial charge is 0.230 e. The molecule has 32 heavy (non-hydrogen) atoms. The molecule has 0 saturated carbocycles. The summed E-state index contributed by atoms with van der Waals surface area (Å²) in [5.41, 5.74) is 3.75. The number of hydrogen-bond donors (Lipinski definition) is 2. The van der Waals surface area contributed by atoms with E-state index in [2.05, 4.69) is 21.8 Å². The molecule has 0 saturated heterocycles. The molecule has 3 aromatic rings. The Labute approximate surface area is 188 Å². The number of carbonyl (C=O) groups is 2. The van der Waals surface area contributed by atoms with Crippen LogP contribution in [0, 0.1) is 5.92 Å². The number of nitrogens with one attached hydrogen (secondary N) is 2. The molecule has 0 bridgehead atoms. The highest BCUT2D eigenvalue weighted by Gasteiger charge is 2.20. The Morgan fingerprint density at radius 1 is 1.12 bits per heavy atom. The summed E-state index contributed by atoms with van der Waals surface area (Å²) < 4.78 is 7.56. The minimum absolute atomic E-state index is 0.146. The molecule has 2 N–H and O–H groups in total. The van der Waals surface area contributed by atoms with Crippen LogP contribution in [-0.4, -0.2) is 41.7 Å². The number of benzene rings is 2. The van der Waals surface area contributed by atoms with Gasteiger partial charge in [0.15, 0.2) is 5.82 Å². The Balaban J connectivity index is 1.95. The number of para-hydroxylation sites is 1. The molecule has 0 aliphatic carbocycles. The van der Waals surface area contributed by atoms with E-state index in [1.807, 2.05) is 73.1 Å². The predicted molar refractivity (Wildman–Crippen MR) is 126 cm³/mol. The number of carbonyl (C=O) groups excluding carboxylic acids is 2. The number of ether oxygens (including phenoxy) is 1. The molecule has 0 aliphatic heterocycles. The quantitative estimate of drug-likeness (QED) is 0.448. The molecule has 2 aromatic carbocycles. The minimum Gasteiger partial charge on any atom is -0.374 e. The van der Waals surface area contributed by atoms with Crippen molar-refractivity contribution in [3.05, 3.63) is 66.2 Å². The SMILES string of the molecule is CNC[C@H](CC=O)C(=O)Nc1cc(-c2cccc(COC(C)C)c2)n(-c2ccccc2)n1. The van der Waals surface area contributed by atoms with E-state index < -0.39 is 5.92 Å². The highest BCUT2D eigenvalue weighted by Crippen LogP contribution is 2.27. The van der Waals surface area contributed by atoms with Crippen LogP contribution in [0.2, 0.25) is 0 Å². The van der Waals surface area contributed by atoms with Gasteiger partial charge in [-0.1, -0.05) is 36.4 Å². The molecule has 0 radical (unpaired) electrons. The van der Waals surface area contributed by atoms with Crippen LogP contribution in [0.25, 0.3) is 16.9 Å². The summed E-state index contributed by atoms with van der Waals surface area (Å²) in [7, 11) is 1.75. The zero-order valence-electron chi connectivity index (χ0n) is 18.7. The third-order valence-electron chi connectivity index (χ3n) is 4.97. The first-order valence-corrected chi connectivity index (χ1v) is 10.8. The van der Waals surface area contributed by atoms with Crippen molar-refractivity contribution in [3.8, 4) is 16.9 Å².